The minimum Gasteiger partial charge on any atom is -0.324 e. The summed E-state index contributed by atoms with van der Waals surface area (Å²) in [5, 5.41) is 2.91. The van der Waals surface area contributed by atoms with Gasteiger partial charge in [0.1, 0.15) is 6.54 Å². The average Bonchev–Trinajstić information content (AvgIpc) is 2.76. The molecule has 8 heteroatoms. The molecular weight excluding hydrogens is 407 g/mol. The summed E-state index contributed by atoms with van der Waals surface area (Å²) in [5.41, 5.74) is -0.325. The highest BCUT2D eigenvalue weighted by Gasteiger charge is 2.33. The van der Waals surface area contributed by atoms with Crippen LogP contribution in [0.3, 0.4) is 0 Å². The van der Waals surface area contributed by atoms with E-state index in [2.05, 4.69) is 10.3 Å². The lowest BCUT2D eigenvalue weighted by molar-refractivity contribution is -0.137. The van der Waals surface area contributed by atoms with E-state index in [1.807, 2.05) is 30.3 Å². The number of benzene rings is 3. The van der Waals surface area contributed by atoms with E-state index in [9.17, 15) is 22.8 Å². The summed E-state index contributed by atoms with van der Waals surface area (Å²) >= 11 is 0. The van der Waals surface area contributed by atoms with Crippen molar-refractivity contribution in [1.29, 1.82) is 0 Å². The number of carbonyl (C=O) groups excluding carboxylic acids is 1. The molecule has 1 aromatic heterocycles. The molecule has 31 heavy (non-hydrogen) atoms. The van der Waals surface area contributed by atoms with Gasteiger partial charge in [0.25, 0.3) is 0 Å². The van der Waals surface area contributed by atoms with Crippen LogP contribution in [0.2, 0.25) is 0 Å². The summed E-state index contributed by atoms with van der Waals surface area (Å²) in [6.07, 6.45) is -4.62. The molecule has 0 spiro atoms. The first-order valence-electron chi connectivity index (χ1n) is 9.35. The second-order valence-electron chi connectivity index (χ2n) is 6.80. The van der Waals surface area contributed by atoms with Crippen LogP contribution in [0.1, 0.15) is 5.56 Å². The lowest BCUT2D eigenvalue weighted by atomic mass is 10.1. The second kappa shape index (κ2) is 8.06. The minimum absolute atomic E-state index is 0.369. The molecule has 156 valence electrons. The van der Waals surface area contributed by atoms with Gasteiger partial charge in [0, 0.05) is 10.9 Å². The third kappa shape index (κ3) is 4.18. The fourth-order valence-electron chi connectivity index (χ4n) is 3.37. The topological polar surface area (TPSA) is 64.0 Å². The quantitative estimate of drug-likeness (QED) is 0.517. The molecule has 0 bridgehead atoms. The number of rotatable bonds is 4. The summed E-state index contributed by atoms with van der Waals surface area (Å²) in [6, 6.07) is 20.7. The standard InChI is InChI=1S/C23H16F3N3O2/c24-23(25,26)17-11-5-6-12-18(17)27-20(30)14-29-19-13-7-4-10-16(19)21(28-22(29)31)15-8-2-1-3-9-15/h1-13H,14H2,(H,27,30). The number of aromatic nitrogens is 2. The monoisotopic (exact) mass is 423 g/mol. The Labute approximate surface area is 174 Å². The van der Waals surface area contributed by atoms with Crippen molar-refractivity contribution in [2.24, 2.45) is 0 Å². The molecule has 1 heterocycles. The number of anilines is 1. The van der Waals surface area contributed by atoms with E-state index in [1.165, 1.54) is 18.2 Å². The Balaban J connectivity index is 1.72. The zero-order valence-corrected chi connectivity index (χ0v) is 16.1. The molecule has 0 atom stereocenters. The van der Waals surface area contributed by atoms with Crippen molar-refractivity contribution >= 4 is 22.5 Å². The maximum absolute atomic E-state index is 13.2. The van der Waals surface area contributed by atoms with Gasteiger partial charge in [-0.1, -0.05) is 60.7 Å². The zero-order valence-electron chi connectivity index (χ0n) is 16.1. The average molecular weight is 423 g/mol. The van der Waals surface area contributed by atoms with Crippen molar-refractivity contribution in [2.75, 3.05) is 5.32 Å². The second-order valence-corrected chi connectivity index (χ2v) is 6.80. The Morgan fingerprint density at radius 2 is 1.55 bits per heavy atom. The van der Waals surface area contributed by atoms with E-state index >= 15 is 0 Å². The molecule has 0 aliphatic rings. The molecule has 4 rings (SSSR count). The van der Waals surface area contributed by atoms with Crippen LogP contribution in [0.5, 0.6) is 0 Å². The fourth-order valence-corrected chi connectivity index (χ4v) is 3.37. The molecule has 0 aliphatic carbocycles. The summed E-state index contributed by atoms with van der Waals surface area (Å²) < 4.78 is 40.7. The van der Waals surface area contributed by atoms with Gasteiger partial charge in [-0.2, -0.15) is 18.2 Å². The van der Waals surface area contributed by atoms with Crippen LogP contribution >= 0.6 is 0 Å². The van der Waals surface area contributed by atoms with E-state index in [0.29, 0.717) is 16.6 Å². The number of fused-ring (bicyclic) bond motifs is 1. The van der Waals surface area contributed by atoms with Crippen molar-refractivity contribution in [3.63, 3.8) is 0 Å². The van der Waals surface area contributed by atoms with Gasteiger partial charge in [-0.3, -0.25) is 9.36 Å². The van der Waals surface area contributed by atoms with Gasteiger partial charge in [-0.05, 0) is 18.2 Å². The van der Waals surface area contributed by atoms with E-state index in [-0.39, 0.29) is 5.69 Å². The van der Waals surface area contributed by atoms with Crippen LogP contribution in [-0.4, -0.2) is 15.5 Å². The van der Waals surface area contributed by atoms with Gasteiger partial charge < -0.3 is 5.32 Å². The van der Waals surface area contributed by atoms with E-state index in [1.54, 1.807) is 24.3 Å². The Morgan fingerprint density at radius 1 is 0.903 bits per heavy atom. The molecule has 4 aromatic rings. The van der Waals surface area contributed by atoms with Gasteiger partial charge in [-0.15, -0.1) is 0 Å². The van der Waals surface area contributed by atoms with Crippen LogP contribution in [0.25, 0.3) is 22.2 Å². The fraction of sp³-hybridized carbons (Fsp3) is 0.0870. The van der Waals surface area contributed by atoms with E-state index < -0.39 is 29.9 Å². The van der Waals surface area contributed by atoms with E-state index in [0.717, 1.165) is 16.2 Å². The summed E-state index contributed by atoms with van der Waals surface area (Å²) in [7, 11) is 0. The van der Waals surface area contributed by atoms with Crippen molar-refractivity contribution in [1.82, 2.24) is 9.55 Å². The van der Waals surface area contributed by atoms with Gasteiger partial charge in [0.2, 0.25) is 5.91 Å². The van der Waals surface area contributed by atoms with Crippen molar-refractivity contribution in [3.05, 3.63) is 94.9 Å². The minimum atomic E-state index is -4.62. The molecule has 0 unspecified atom stereocenters. The highest BCUT2D eigenvalue weighted by Crippen LogP contribution is 2.34. The molecule has 1 amide bonds. The number of hydrogen-bond donors (Lipinski definition) is 1. The number of carbonyl (C=O) groups is 1. The number of alkyl halides is 3. The summed E-state index contributed by atoms with van der Waals surface area (Å²) in [5.74, 6) is -0.766. The predicted molar refractivity (Wildman–Crippen MR) is 112 cm³/mol. The third-order valence-electron chi connectivity index (χ3n) is 4.74. The zero-order chi connectivity index (χ0) is 22.0. The maximum atomic E-state index is 13.2. The Morgan fingerprint density at radius 3 is 2.29 bits per heavy atom. The third-order valence-corrected chi connectivity index (χ3v) is 4.74. The lowest BCUT2D eigenvalue weighted by Gasteiger charge is -2.15. The highest BCUT2D eigenvalue weighted by atomic mass is 19.4. The molecule has 5 nitrogen and oxygen atoms in total. The number of para-hydroxylation sites is 2. The smallest absolute Gasteiger partial charge is 0.324 e. The number of amides is 1. The molecule has 0 aliphatic heterocycles. The normalized spacial score (nSPS) is 11.5. The molecule has 0 fully saturated rings. The lowest BCUT2D eigenvalue weighted by Crippen LogP contribution is -2.30. The van der Waals surface area contributed by atoms with Gasteiger partial charge in [0.05, 0.1) is 22.5 Å². The molecule has 1 N–H and O–H groups in total. The predicted octanol–water partition coefficient (Wildman–Crippen LogP) is 4.72. The number of nitrogens with one attached hydrogen (secondary N) is 1. The van der Waals surface area contributed by atoms with Crippen molar-refractivity contribution < 1.29 is 18.0 Å². The van der Waals surface area contributed by atoms with Gasteiger partial charge in [0.15, 0.2) is 0 Å². The first kappa shape index (κ1) is 20.3. The van der Waals surface area contributed by atoms with E-state index in [4.69, 9.17) is 0 Å². The summed E-state index contributed by atoms with van der Waals surface area (Å²) in [6.45, 7) is -0.479. The SMILES string of the molecule is O=C(Cn1c(=O)nc(-c2ccccc2)c2ccccc21)Nc1ccccc1C(F)(F)F. The van der Waals surface area contributed by atoms with Crippen LogP contribution in [-0.2, 0) is 17.5 Å². The number of hydrogen-bond acceptors (Lipinski definition) is 3. The highest BCUT2D eigenvalue weighted by molar-refractivity contribution is 5.95. The van der Waals surface area contributed by atoms with Crippen molar-refractivity contribution in [2.45, 2.75) is 12.7 Å². The van der Waals surface area contributed by atoms with Crippen LogP contribution in [0, 0.1) is 0 Å². The molecular formula is C23H16F3N3O2. The Hall–Kier alpha value is -3.94. The largest absolute Gasteiger partial charge is 0.418 e. The van der Waals surface area contributed by atoms with Crippen LogP contribution < -0.4 is 11.0 Å². The Kier molecular flexibility index (Phi) is 5.29. The number of nitrogens with zero attached hydrogens (tertiary/aromatic N) is 2. The maximum Gasteiger partial charge on any atom is 0.418 e. The number of halogens is 3. The summed E-state index contributed by atoms with van der Waals surface area (Å²) in [4.78, 5) is 29.4. The molecule has 3 aromatic carbocycles. The van der Waals surface area contributed by atoms with Gasteiger partial charge in [-0.25, -0.2) is 4.79 Å². The first-order chi connectivity index (χ1) is 14.8. The molecule has 0 saturated heterocycles. The Bertz CT molecular complexity index is 1320. The van der Waals surface area contributed by atoms with Crippen LogP contribution in [0.15, 0.2) is 83.7 Å². The van der Waals surface area contributed by atoms with Crippen molar-refractivity contribution in [3.8, 4) is 11.3 Å². The molecule has 0 saturated carbocycles. The molecule has 0 radical (unpaired) electrons. The van der Waals surface area contributed by atoms with Gasteiger partial charge >= 0.3 is 11.9 Å². The first-order valence-corrected chi connectivity index (χ1v) is 9.35. The van der Waals surface area contributed by atoms with Crippen LogP contribution in [0.4, 0.5) is 18.9 Å².